The SMILES string of the molecule is CC1CN(C(=O)CCc2ccncc2)CC1C(=O)O. The Kier molecular flexibility index (Phi) is 4.14. The molecule has 0 spiro atoms. The van der Waals surface area contributed by atoms with Crippen LogP contribution in [0.4, 0.5) is 0 Å². The second-order valence-corrected chi connectivity index (χ2v) is 5.08. The minimum atomic E-state index is -0.808. The number of aliphatic carboxylic acids is 1. The summed E-state index contributed by atoms with van der Waals surface area (Å²) in [6.07, 6.45) is 4.50. The average molecular weight is 262 g/mol. The molecule has 5 nitrogen and oxygen atoms in total. The maximum absolute atomic E-state index is 12.0. The highest BCUT2D eigenvalue weighted by Gasteiger charge is 2.36. The van der Waals surface area contributed by atoms with Gasteiger partial charge in [0.25, 0.3) is 0 Å². The summed E-state index contributed by atoms with van der Waals surface area (Å²) in [4.78, 5) is 28.7. The largest absolute Gasteiger partial charge is 0.481 e. The van der Waals surface area contributed by atoms with Gasteiger partial charge in [0.05, 0.1) is 5.92 Å². The van der Waals surface area contributed by atoms with Crippen LogP contribution in [0.15, 0.2) is 24.5 Å². The quantitative estimate of drug-likeness (QED) is 0.885. The zero-order valence-electron chi connectivity index (χ0n) is 11.0. The molecular formula is C14H18N2O3. The number of carboxylic acids is 1. The molecular weight excluding hydrogens is 244 g/mol. The molecule has 1 aromatic heterocycles. The van der Waals surface area contributed by atoms with Gasteiger partial charge < -0.3 is 10.0 Å². The van der Waals surface area contributed by atoms with Crippen molar-refractivity contribution in [3.63, 3.8) is 0 Å². The van der Waals surface area contributed by atoms with Crippen LogP contribution in [-0.2, 0) is 16.0 Å². The van der Waals surface area contributed by atoms with E-state index in [2.05, 4.69) is 4.98 Å². The van der Waals surface area contributed by atoms with Crippen LogP contribution in [0.25, 0.3) is 0 Å². The fraction of sp³-hybridized carbons (Fsp3) is 0.500. The van der Waals surface area contributed by atoms with Crippen molar-refractivity contribution in [1.82, 2.24) is 9.88 Å². The van der Waals surface area contributed by atoms with Crippen molar-refractivity contribution in [2.45, 2.75) is 19.8 Å². The third-order valence-corrected chi connectivity index (χ3v) is 3.66. The highest BCUT2D eigenvalue weighted by molar-refractivity contribution is 5.79. The molecule has 19 heavy (non-hydrogen) atoms. The first-order chi connectivity index (χ1) is 9.08. The van der Waals surface area contributed by atoms with Gasteiger partial charge in [-0.25, -0.2) is 0 Å². The number of rotatable bonds is 4. The fourth-order valence-electron chi connectivity index (χ4n) is 2.45. The molecule has 2 rings (SSSR count). The van der Waals surface area contributed by atoms with E-state index in [4.69, 9.17) is 5.11 Å². The Morgan fingerprint density at radius 2 is 2.05 bits per heavy atom. The molecule has 2 heterocycles. The number of carbonyl (C=O) groups is 2. The molecule has 1 aromatic rings. The summed E-state index contributed by atoms with van der Waals surface area (Å²) in [5.41, 5.74) is 1.07. The molecule has 1 amide bonds. The summed E-state index contributed by atoms with van der Waals surface area (Å²) in [7, 11) is 0. The minimum Gasteiger partial charge on any atom is -0.481 e. The molecule has 1 aliphatic heterocycles. The predicted octanol–water partition coefficient (Wildman–Crippen LogP) is 1.19. The van der Waals surface area contributed by atoms with E-state index in [9.17, 15) is 9.59 Å². The lowest BCUT2D eigenvalue weighted by Crippen LogP contribution is -2.30. The summed E-state index contributed by atoms with van der Waals surface area (Å²) >= 11 is 0. The molecule has 1 N–H and O–H groups in total. The van der Waals surface area contributed by atoms with Crippen molar-refractivity contribution >= 4 is 11.9 Å². The third kappa shape index (κ3) is 3.30. The van der Waals surface area contributed by atoms with E-state index in [0.29, 0.717) is 25.9 Å². The number of nitrogens with zero attached hydrogens (tertiary/aromatic N) is 2. The maximum atomic E-state index is 12.0. The summed E-state index contributed by atoms with van der Waals surface area (Å²) in [5.74, 6) is -1.17. The van der Waals surface area contributed by atoms with Crippen LogP contribution in [0.1, 0.15) is 18.9 Å². The third-order valence-electron chi connectivity index (χ3n) is 3.66. The molecule has 0 aliphatic carbocycles. The molecule has 0 radical (unpaired) electrons. The Bertz CT molecular complexity index is 461. The number of hydrogen-bond acceptors (Lipinski definition) is 3. The number of likely N-dealkylation sites (tertiary alicyclic amines) is 1. The number of amides is 1. The zero-order chi connectivity index (χ0) is 13.8. The first-order valence-electron chi connectivity index (χ1n) is 6.47. The van der Waals surface area contributed by atoms with Gasteiger partial charge in [-0.05, 0) is 30.0 Å². The molecule has 0 saturated carbocycles. The zero-order valence-corrected chi connectivity index (χ0v) is 11.0. The standard InChI is InChI=1S/C14H18N2O3/c1-10-8-16(9-12(10)14(18)19)13(17)3-2-11-4-6-15-7-5-11/h4-7,10,12H,2-3,8-9H2,1H3,(H,18,19). The second-order valence-electron chi connectivity index (χ2n) is 5.08. The number of carbonyl (C=O) groups excluding carboxylic acids is 1. The number of aromatic nitrogens is 1. The van der Waals surface area contributed by atoms with Crippen molar-refractivity contribution in [3.8, 4) is 0 Å². The normalized spacial score (nSPS) is 22.5. The average Bonchev–Trinajstić information content (AvgIpc) is 2.79. The molecule has 0 aromatic carbocycles. The molecule has 2 atom stereocenters. The van der Waals surface area contributed by atoms with Gasteiger partial charge >= 0.3 is 5.97 Å². The Morgan fingerprint density at radius 3 is 2.63 bits per heavy atom. The molecule has 0 bridgehead atoms. The topological polar surface area (TPSA) is 70.5 Å². The Labute approximate surface area is 112 Å². The van der Waals surface area contributed by atoms with Gasteiger partial charge in [0.15, 0.2) is 0 Å². The van der Waals surface area contributed by atoms with Crippen LogP contribution in [0, 0.1) is 11.8 Å². The van der Waals surface area contributed by atoms with Gasteiger partial charge in [0.2, 0.25) is 5.91 Å². The highest BCUT2D eigenvalue weighted by atomic mass is 16.4. The van der Waals surface area contributed by atoms with E-state index < -0.39 is 11.9 Å². The van der Waals surface area contributed by atoms with Crippen molar-refractivity contribution < 1.29 is 14.7 Å². The van der Waals surface area contributed by atoms with Crippen LogP contribution >= 0.6 is 0 Å². The lowest BCUT2D eigenvalue weighted by atomic mass is 9.99. The van der Waals surface area contributed by atoms with Crippen LogP contribution in [-0.4, -0.2) is 40.0 Å². The van der Waals surface area contributed by atoms with Gasteiger partial charge in [0.1, 0.15) is 0 Å². The second kappa shape index (κ2) is 5.82. The number of hydrogen-bond donors (Lipinski definition) is 1. The van der Waals surface area contributed by atoms with Crippen LogP contribution in [0.3, 0.4) is 0 Å². The van der Waals surface area contributed by atoms with Gasteiger partial charge in [-0.3, -0.25) is 14.6 Å². The molecule has 1 aliphatic rings. The first-order valence-corrected chi connectivity index (χ1v) is 6.47. The molecule has 2 unspecified atom stereocenters. The van der Waals surface area contributed by atoms with Crippen LogP contribution in [0.5, 0.6) is 0 Å². The van der Waals surface area contributed by atoms with Crippen molar-refractivity contribution in [1.29, 1.82) is 0 Å². The van der Waals surface area contributed by atoms with Crippen molar-refractivity contribution in [2.24, 2.45) is 11.8 Å². The summed E-state index contributed by atoms with van der Waals surface area (Å²) < 4.78 is 0. The fourth-order valence-corrected chi connectivity index (χ4v) is 2.45. The van der Waals surface area contributed by atoms with Crippen LogP contribution in [0.2, 0.25) is 0 Å². The number of carboxylic acid groups (broad SMARTS) is 1. The van der Waals surface area contributed by atoms with E-state index in [-0.39, 0.29) is 11.8 Å². The highest BCUT2D eigenvalue weighted by Crippen LogP contribution is 2.23. The monoisotopic (exact) mass is 262 g/mol. The summed E-state index contributed by atoms with van der Waals surface area (Å²) in [6.45, 7) is 2.77. The van der Waals surface area contributed by atoms with E-state index in [0.717, 1.165) is 5.56 Å². The lowest BCUT2D eigenvalue weighted by Gasteiger charge is -2.15. The van der Waals surface area contributed by atoms with Gasteiger partial charge in [0, 0.05) is 31.9 Å². The van der Waals surface area contributed by atoms with Gasteiger partial charge in [-0.15, -0.1) is 0 Å². The Hall–Kier alpha value is -1.91. The lowest BCUT2D eigenvalue weighted by molar-refractivity contribution is -0.142. The van der Waals surface area contributed by atoms with Crippen LogP contribution < -0.4 is 0 Å². The Morgan fingerprint density at radius 1 is 1.37 bits per heavy atom. The Balaban J connectivity index is 1.86. The van der Waals surface area contributed by atoms with E-state index in [1.54, 1.807) is 17.3 Å². The molecule has 102 valence electrons. The summed E-state index contributed by atoms with van der Waals surface area (Å²) in [6, 6.07) is 3.78. The van der Waals surface area contributed by atoms with Gasteiger partial charge in [-0.1, -0.05) is 6.92 Å². The minimum absolute atomic E-state index is 0.0300. The predicted molar refractivity (Wildman–Crippen MR) is 69.4 cm³/mol. The number of pyridine rings is 1. The van der Waals surface area contributed by atoms with Gasteiger partial charge in [-0.2, -0.15) is 0 Å². The molecule has 5 heteroatoms. The molecule has 1 fully saturated rings. The van der Waals surface area contributed by atoms with E-state index in [1.165, 1.54) is 0 Å². The first kappa shape index (κ1) is 13.5. The maximum Gasteiger partial charge on any atom is 0.308 e. The molecule has 1 saturated heterocycles. The van der Waals surface area contributed by atoms with E-state index in [1.807, 2.05) is 19.1 Å². The van der Waals surface area contributed by atoms with Crippen molar-refractivity contribution in [3.05, 3.63) is 30.1 Å². The number of aryl methyl sites for hydroxylation is 1. The van der Waals surface area contributed by atoms with E-state index >= 15 is 0 Å². The smallest absolute Gasteiger partial charge is 0.308 e. The van der Waals surface area contributed by atoms with Crippen molar-refractivity contribution in [2.75, 3.05) is 13.1 Å². The summed E-state index contributed by atoms with van der Waals surface area (Å²) in [5, 5.41) is 9.05.